The van der Waals surface area contributed by atoms with Gasteiger partial charge in [-0.15, -0.1) is 26.6 Å². The molecule has 0 unspecified atom stereocenters. The van der Waals surface area contributed by atoms with Crippen LogP contribution in [-0.4, -0.2) is 19.8 Å². The Morgan fingerprint density at radius 2 is 2.29 bits per heavy atom. The van der Waals surface area contributed by atoms with Gasteiger partial charge in [0.15, 0.2) is 0 Å². The van der Waals surface area contributed by atoms with Gasteiger partial charge in [0.05, 0.1) is 6.20 Å². The molecule has 0 atom stereocenters. The Morgan fingerprint density at radius 3 is 2.71 bits per heavy atom. The predicted octanol–water partition coefficient (Wildman–Crippen LogP) is 2.42. The number of rotatable bonds is 3. The van der Waals surface area contributed by atoms with Crippen LogP contribution in [0.25, 0.3) is 0 Å². The lowest BCUT2D eigenvalue weighted by Crippen LogP contribution is -1.81. The highest BCUT2D eigenvalue weighted by Crippen LogP contribution is 2.05. The van der Waals surface area contributed by atoms with Crippen LogP contribution in [0.5, 0.6) is 0 Å². The van der Waals surface area contributed by atoms with E-state index in [1.54, 1.807) is 23.0 Å². The van der Waals surface area contributed by atoms with E-state index in [-0.39, 0.29) is 0 Å². The Bertz CT molecular complexity index is 276. The average Bonchev–Trinajstić information content (AvgIpc) is 2.90. The quantitative estimate of drug-likeness (QED) is 0.809. The molecule has 0 saturated carbocycles. The molecule has 0 N–H and O–H groups in total. The molecule has 6 heteroatoms. The third-order valence-electron chi connectivity index (χ3n) is 1.43. The van der Waals surface area contributed by atoms with Gasteiger partial charge in [0, 0.05) is 11.8 Å². The van der Waals surface area contributed by atoms with Gasteiger partial charge in [-0.2, -0.15) is 0 Å². The fourth-order valence-electron chi connectivity index (χ4n) is 0.769. The van der Waals surface area contributed by atoms with Crippen molar-refractivity contribution >= 4 is 22.9 Å². The third-order valence-corrected chi connectivity index (χ3v) is 2.62. The van der Waals surface area contributed by atoms with Gasteiger partial charge in [-0.3, -0.25) is 0 Å². The highest BCUT2D eigenvalue weighted by atomic mass is 32.1. The summed E-state index contributed by atoms with van der Waals surface area (Å²) in [4.78, 5) is 0. The van der Waals surface area contributed by atoms with E-state index in [0.29, 0.717) is 0 Å². The molecule has 4 nitrogen and oxygen atoms in total. The van der Waals surface area contributed by atoms with Crippen LogP contribution < -0.4 is 0 Å². The summed E-state index contributed by atoms with van der Waals surface area (Å²) in [6.45, 7) is 2.18. The first-order valence-corrected chi connectivity index (χ1v) is 6.11. The second-order valence-corrected chi connectivity index (χ2v) is 4.09. The molecule has 0 amide bonds. The van der Waals surface area contributed by atoms with E-state index in [0.717, 1.165) is 11.4 Å². The molecule has 2 rings (SSSR count). The molecule has 2 heterocycles. The number of nitrogens with zero attached hydrogens (tertiary/aromatic N) is 4. The lowest BCUT2D eigenvalue weighted by molar-refractivity contribution is 0.779. The molecule has 76 valence electrons. The maximum Gasteiger partial charge on any atom is 0.117 e. The number of aryl methyl sites for hydroxylation is 1. The Hall–Kier alpha value is -0.880. The second-order valence-electron chi connectivity index (χ2n) is 2.52. The van der Waals surface area contributed by atoms with Crippen LogP contribution in [-0.2, 0) is 6.42 Å². The highest BCUT2D eigenvalue weighted by molar-refractivity contribution is 7.09. The van der Waals surface area contributed by atoms with Crippen LogP contribution in [0.1, 0.15) is 24.8 Å². The molecular formula is C8H12N4S2. The Morgan fingerprint density at radius 1 is 1.36 bits per heavy atom. The summed E-state index contributed by atoms with van der Waals surface area (Å²) in [5.74, 6) is 0. The zero-order valence-electron chi connectivity index (χ0n) is 7.96. The molecule has 0 aliphatic carbocycles. The summed E-state index contributed by atoms with van der Waals surface area (Å²) in [5, 5.41) is 14.1. The van der Waals surface area contributed by atoms with Crippen LogP contribution in [0, 0.1) is 0 Å². The fraction of sp³-hybridized carbons (Fsp3) is 0.500. The van der Waals surface area contributed by atoms with E-state index in [4.69, 9.17) is 0 Å². The minimum atomic E-state index is 1.10. The standard InChI is InChI=1S/C6H10N2S.C2H2N2S/c1-2-3-4-6-8-7-5-9-6;1-2-5-4-3-1/h5H,2-4H2,1H3;1-2H. The lowest BCUT2D eigenvalue weighted by Gasteiger charge is -1.87. The van der Waals surface area contributed by atoms with Gasteiger partial charge >= 0.3 is 0 Å². The highest BCUT2D eigenvalue weighted by Gasteiger charge is 1.92. The average molecular weight is 228 g/mol. The normalized spacial score (nSPS) is 9.21. The molecule has 0 fully saturated rings. The number of aromatic nitrogens is 4. The monoisotopic (exact) mass is 228 g/mol. The summed E-state index contributed by atoms with van der Waals surface area (Å²) in [5.41, 5.74) is 1.78. The number of hydrogen-bond donors (Lipinski definition) is 0. The Kier molecular flexibility index (Phi) is 6.01. The van der Waals surface area contributed by atoms with Crippen molar-refractivity contribution in [3.05, 3.63) is 22.1 Å². The van der Waals surface area contributed by atoms with Crippen LogP contribution in [0.4, 0.5) is 0 Å². The maximum absolute atomic E-state index is 3.92. The zero-order chi connectivity index (χ0) is 10.1. The maximum atomic E-state index is 3.92. The summed E-state index contributed by atoms with van der Waals surface area (Å²) in [6.07, 6.45) is 5.22. The summed E-state index contributed by atoms with van der Waals surface area (Å²) < 4.78 is 3.51. The SMILES string of the molecule is CCCCc1nncs1.c1csnn1. The van der Waals surface area contributed by atoms with Crippen LogP contribution in [0.2, 0.25) is 0 Å². The molecule has 2 aromatic heterocycles. The Labute approximate surface area is 91.2 Å². The first-order valence-electron chi connectivity index (χ1n) is 4.39. The van der Waals surface area contributed by atoms with Crippen molar-refractivity contribution in [1.82, 2.24) is 19.8 Å². The fourth-order valence-corrected chi connectivity index (χ4v) is 1.61. The molecule has 14 heavy (non-hydrogen) atoms. The predicted molar refractivity (Wildman–Crippen MR) is 58.4 cm³/mol. The van der Waals surface area contributed by atoms with E-state index in [1.807, 2.05) is 5.38 Å². The minimum absolute atomic E-state index is 1.10. The second kappa shape index (κ2) is 7.52. The van der Waals surface area contributed by atoms with Crippen molar-refractivity contribution in [2.75, 3.05) is 0 Å². The summed E-state index contributed by atoms with van der Waals surface area (Å²) >= 11 is 2.99. The molecule has 0 saturated heterocycles. The number of hydrogen-bond acceptors (Lipinski definition) is 6. The van der Waals surface area contributed by atoms with Gasteiger partial charge in [-0.25, -0.2) is 0 Å². The topological polar surface area (TPSA) is 51.6 Å². The molecule has 0 spiro atoms. The van der Waals surface area contributed by atoms with Gasteiger partial charge < -0.3 is 0 Å². The number of unbranched alkanes of at least 4 members (excludes halogenated alkanes) is 1. The first-order chi connectivity index (χ1) is 6.93. The van der Waals surface area contributed by atoms with Crippen LogP contribution in [0.15, 0.2) is 17.1 Å². The smallest absolute Gasteiger partial charge is 0.117 e. The summed E-state index contributed by atoms with van der Waals surface area (Å²) in [7, 11) is 0. The van der Waals surface area contributed by atoms with Crippen molar-refractivity contribution in [1.29, 1.82) is 0 Å². The van der Waals surface area contributed by atoms with Gasteiger partial charge in [-0.1, -0.05) is 17.8 Å². The first kappa shape index (κ1) is 11.2. The van der Waals surface area contributed by atoms with Crippen molar-refractivity contribution in [2.45, 2.75) is 26.2 Å². The zero-order valence-corrected chi connectivity index (χ0v) is 9.59. The van der Waals surface area contributed by atoms with E-state index in [9.17, 15) is 0 Å². The van der Waals surface area contributed by atoms with Gasteiger partial charge in [0.25, 0.3) is 0 Å². The van der Waals surface area contributed by atoms with Crippen molar-refractivity contribution in [2.24, 2.45) is 0 Å². The van der Waals surface area contributed by atoms with Gasteiger partial charge in [-0.05, 0) is 18.0 Å². The van der Waals surface area contributed by atoms with Gasteiger partial charge in [0.1, 0.15) is 10.5 Å². The molecule has 0 aliphatic rings. The van der Waals surface area contributed by atoms with Crippen LogP contribution in [0.3, 0.4) is 0 Å². The molecule has 2 aromatic rings. The van der Waals surface area contributed by atoms with Crippen LogP contribution >= 0.6 is 22.9 Å². The van der Waals surface area contributed by atoms with Gasteiger partial charge in [0.2, 0.25) is 0 Å². The molecule has 0 aromatic carbocycles. The molecule has 0 bridgehead atoms. The summed E-state index contributed by atoms with van der Waals surface area (Å²) in [6, 6.07) is 0. The minimum Gasteiger partial charge on any atom is -0.147 e. The van der Waals surface area contributed by atoms with E-state index < -0.39 is 0 Å². The van der Waals surface area contributed by atoms with E-state index >= 15 is 0 Å². The molecular weight excluding hydrogens is 216 g/mol. The van der Waals surface area contributed by atoms with E-state index in [2.05, 4.69) is 26.7 Å². The Balaban J connectivity index is 0.000000165. The van der Waals surface area contributed by atoms with E-state index in [1.165, 1.54) is 24.4 Å². The third kappa shape index (κ3) is 4.98. The molecule has 0 aliphatic heterocycles. The van der Waals surface area contributed by atoms with Crippen molar-refractivity contribution in [3.63, 3.8) is 0 Å². The largest absolute Gasteiger partial charge is 0.147 e. The van der Waals surface area contributed by atoms with Crippen molar-refractivity contribution < 1.29 is 0 Å². The lowest BCUT2D eigenvalue weighted by atomic mass is 10.3. The van der Waals surface area contributed by atoms with Crippen molar-refractivity contribution in [3.8, 4) is 0 Å². The molecule has 0 radical (unpaired) electrons.